The first-order chi connectivity index (χ1) is 11.7. The zero-order valence-electron chi connectivity index (χ0n) is 14.2. The third-order valence-corrected chi connectivity index (χ3v) is 6.80. The molecule has 0 spiro atoms. The fraction of sp³-hybridized carbons (Fsp3) is 0.929. The molecule has 0 aromatic carbocycles. The molecule has 1 aliphatic heterocycles. The maximum absolute atomic E-state index is 12.6. The van der Waals surface area contributed by atoms with E-state index < -0.39 is 29.2 Å². The Balaban J connectivity index is 1.99. The number of carbonyl (C=O) groups is 1. The zero-order chi connectivity index (χ0) is 18.6. The van der Waals surface area contributed by atoms with Gasteiger partial charge in [0.05, 0.1) is 5.92 Å². The maximum Gasteiger partial charge on any atom is 0.451 e. The summed E-state index contributed by atoms with van der Waals surface area (Å²) in [6.45, 7) is 0.0503. The molecule has 25 heavy (non-hydrogen) atoms. The Hall–Kier alpha value is -0.715. The van der Waals surface area contributed by atoms with Crippen LogP contribution in [0, 0.1) is 11.8 Å². The van der Waals surface area contributed by atoms with Crippen molar-refractivity contribution in [3.8, 4) is 0 Å². The molecule has 2 fully saturated rings. The van der Waals surface area contributed by atoms with E-state index in [1.54, 1.807) is 0 Å². The number of carboxylic acid groups (broad SMARTS) is 1. The molecule has 2 rings (SSSR count). The number of hydrogen-bond donors (Lipinski definition) is 5. The molecular weight excluding hydrogens is 349 g/mol. The summed E-state index contributed by atoms with van der Waals surface area (Å²) in [6, 6.07) is -0.533. The van der Waals surface area contributed by atoms with Crippen molar-refractivity contribution in [2.75, 3.05) is 13.1 Å². The second-order valence-corrected chi connectivity index (χ2v) is 8.81. The van der Waals surface area contributed by atoms with Gasteiger partial charge in [-0.05, 0) is 31.5 Å². The molecule has 0 radical (unpaired) electrons. The summed E-state index contributed by atoms with van der Waals surface area (Å²) in [5, 5.41) is 27.2. The largest absolute Gasteiger partial charge is 0.481 e. The molecule has 2 aliphatic rings. The summed E-state index contributed by atoms with van der Waals surface area (Å²) < 4.78 is 29.1. The highest BCUT2D eigenvalue weighted by Crippen LogP contribution is 2.30. The van der Waals surface area contributed by atoms with Crippen LogP contribution in [0.1, 0.15) is 38.5 Å². The van der Waals surface area contributed by atoms with Crippen LogP contribution in [0.2, 0.25) is 6.32 Å². The normalized spacial score (nSPS) is 31.2. The van der Waals surface area contributed by atoms with Crippen LogP contribution in [0.4, 0.5) is 0 Å². The van der Waals surface area contributed by atoms with Crippen LogP contribution in [0.5, 0.6) is 0 Å². The van der Waals surface area contributed by atoms with Crippen LogP contribution in [0.3, 0.4) is 0 Å². The van der Waals surface area contributed by atoms with Gasteiger partial charge in [-0.2, -0.15) is 17.4 Å². The molecule has 2 unspecified atom stereocenters. The second-order valence-electron chi connectivity index (χ2n) is 7.11. The van der Waals surface area contributed by atoms with Crippen LogP contribution < -0.4 is 10.5 Å². The molecular formula is C14H28BN3O6S. The Morgan fingerprint density at radius 2 is 1.92 bits per heavy atom. The number of nitrogens with one attached hydrogen (secondary N) is 1. The summed E-state index contributed by atoms with van der Waals surface area (Å²) in [7, 11) is -5.22. The monoisotopic (exact) mass is 377 g/mol. The molecule has 0 aromatic rings. The molecule has 144 valence electrons. The standard InChI is InChI=1S/C14H28BN3O6S/c16-12-5-1-2-6-13(12)17-25(23,24)18-8-10(4-3-7-15(21)22)11(9-18)14(19)20/h10-13,17,21-22H,1-9,16H2,(H,19,20)/t10?,11?,12-,13-/m1/s1. The molecule has 0 aromatic heterocycles. The number of hydrogen-bond acceptors (Lipinski definition) is 6. The van der Waals surface area contributed by atoms with Gasteiger partial charge in [0.25, 0.3) is 10.2 Å². The van der Waals surface area contributed by atoms with Gasteiger partial charge >= 0.3 is 13.1 Å². The van der Waals surface area contributed by atoms with Crippen LogP contribution in [-0.4, -0.2) is 66.1 Å². The van der Waals surface area contributed by atoms with Crippen molar-refractivity contribution in [2.45, 2.75) is 56.9 Å². The molecule has 9 nitrogen and oxygen atoms in total. The second kappa shape index (κ2) is 8.78. The lowest BCUT2D eigenvalue weighted by atomic mass is 9.80. The first-order valence-corrected chi connectivity index (χ1v) is 10.3. The van der Waals surface area contributed by atoms with Crippen LogP contribution >= 0.6 is 0 Å². The highest BCUT2D eigenvalue weighted by molar-refractivity contribution is 7.87. The Morgan fingerprint density at radius 1 is 1.24 bits per heavy atom. The minimum absolute atomic E-state index is 0.0705. The molecule has 1 aliphatic carbocycles. The summed E-state index contributed by atoms with van der Waals surface area (Å²) in [5.41, 5.74) is 5.99. The fourth-order valence-corrected chi connectivity index (χ4v) is 5.30. The van der Waals surface area contributed by atoms with Crippen LogP contribution in [0.15, 0.2) is 0 Å². The number of aliphatic carboxylic acids is 1. The van der Waals surface area contributed by atoms with Crippen molar-refractivity contribution in [3.05, 3.63) is 0 Å². The number of carboxylic acids is 1. The molecule has 1 saturated heterocycles. The smallest absolute Gasteiger partial charge is 0.451 e. The topological polar surface area (TPSA) is 153 Å². The first-order valence-electron chi connectivity index (χ1n) is 8.82. The maximum atomic E-state index is 12.6. The van der Waals surface area contributed by atoms with E-state index in [1.807, 2.05) is 0 Å². The summed E-state index contributed by atoms with van der Waals surface area (Å²) in [5.74, 6) is -2.15. The lowest BCUT2D eigenvalue weighted by molar-refractivity contribution is -0.142. The third-order valence-electron chi connectivity index (χ3n) is 5.22. The summed E-state index contributed by atoms with van der Waals surface area (Å²) in [4.78, 5) is 11.5. The van der Waals surface area contributed by atoms with Gasteiger partial charge < -0.3 is 20.9 Å². The van der Waals surface area contributed by atoms with Crippen molar-refractivity contribution >= 4 is 23.3 Å². The van der Waals surface area contributed by atoms with Gasteiger partial charge in [0.2, 0.25) is 0 Å². The first kappa shape index (κ1) is 20.6. The van der Waals surface area contributed by atoms with Gasteiger partial charge in [-0.1, -0.05) is 19.3 Å². The zero-order valence-corrected chi connectivity index (χ0v) is 15.1. The van der Waals surface area contributed by atoms with Gasteiger partial charge in [-0.3, -0.25) is 4.79 Å². The number of nitrogens with two attached hydrogens (primary N) is 1. The lowest BCUT2D eigenvalue weighted by Gasteiger charge is -2.30. The predicted molar refractivity (Wildman–Crippen MR) is 92.7 cm³/mol. The van der Waals surface area contributed by atoms with E-state index >= 15 is 0 Å². The Kier molecular flexibility index (Phi) is 7.24. The van der Waals surface area contributed by atoms with Gasteiger partial charge in [0.1, 0.15) is 0 Å². The average Bonchev–Trinajstić information content (AvgIpc) is 2.94. The van der Waals surface area contributed by atoms with E-state index in [0.29, 0.717) is 19.3 Å². The number of nitrogens with zero attached hydrogens (tertiary/aromatic N) is 1. The van der Waals surface area contributed by atoms with Crippen molar-refractivity contribution in [1.29, 1.82) is 0 Å². The summed E-state index contributed by atoms with van der Waals surface area (Å²) >= 11 is 0. The number of rotatable bonds is 8. The van der Waals surface area contributed by atoms with E-state index in [2.05, 4.69) is 4.72 Å². The fourth-order valence-electron chi connectivity index (χ4n) is 3.73. The molecule has 0 bridgehead atoms. The highest BCUT2D eigenvalue weighted by Gasteiger charge is 2.43. The van der Waals surface area contributed by atoms with Crippen molar-refractivity contribution in [1.82, 2.24) is 9.03 Å². The summed E-state index contributed by atoms with van der Waals surface area (Å²) in [6.07, 6.45) is 4.38. The minimum atomic E-state index is -3.79. The average molecular weight is 377 g/mol. The Labute approximate surface area is 148 Å². The Bertz CT molecular complexity index is 561. The van der Waals surface area contributed by atoms with Crippen molar-refractivity contribution in [3.63, 3.8) is 0 Å². The predicted octanol–water partition coefficient (Wildman–Crippen LogP) is -1.02. The molecule has 6 N–H and O–H groups in total. The van der Waals surface area contributed by atoms with E-state index in [9.17, 15) is 18.3 Å². The lowest BCUT2D eigenvalue weighted by Crippen LogP contribution is -2.53. The van der Waals surface area contributed by atoms with Gasteiger partial charge in [0, 0.05) is 25.2 Å². The van der Waals surface area contributed by atoms with E-state index in [0.717, 1.165) is 19.3 Å². The van der Waals surface area contributed by atoms with E-state index in [-0.39, 0.29) is 37.4 Å². The van der Waals surface area contributed by atoms with Crippen molar-refractivity contribution in [2.24, 2.45) is 17.6 Å². The quantitative estimate of drug-likeness (QED) is 0.339. The molecule has 1 saturated carbocycles. The van der Waals surface area contributed by atoms with Gasteiger partial charge in [-0.25, -0.2) is 0 Å². The molecule has 0 amide bonds. The van der Waals surface area contributed by atoms with Gasteiger partial charge in [-0.15, -0.1) is 0 Å². The van der Waals surface area contributed by atoms with Crippen LogP contribution in [0.25, 0.3) is 0 Å². The minimum Gasteiger partial charge on any atom is -0.481 e. The highest BCUT2D eigenvalue weighted by atomic mass is 32.2. The van der Waals surface area contributed by atoms with E-state index in [4.69, 9.17) is 15.8 Å². The third kappa shape index (κ3) is 5.63. The molecule has 4 atom stereocenters. The van der Waals surface area contributed by atoms with E-state index in [1.165, 1.54) is 4.31 Å². The molecule has 1 heterocycles. The van der Waals surface area contributed by atoms with Crippen LogP contribution in [-0.2, 0) is 15.0 Å². The SMILES string of the molecule is N[C@@H]1CCCC[C@H]1NS(=O)(=O)N1CC(CCCB(O)O)C(C(=O)O)C1. The Morgan fingerprint density at radius 3 is 2.52 bits per heavy atom. The van der Waals surface area contributed by atoms with Crippen molar-refractivity contribution < 1.29 is 28.4 Å². The molecule has 11 heteroatoms. The van der Waals surface area contributed by atoms with Gasteiger partial charge in [0.15, 0.2) is 0 Å².